The maximum atomic E-state index is 13.4. The van der Waals surface area contributed by atoms with Crippen molar-refractivity contribution in [3.63, 3.8) is 0 Å². The van der Waals surface area contributed by atoms with E-state index in [0.29, 0.717) is 28.6 Å². The first-order valence-corrected chi connectivity index (χ1v) is 5.28. The van der Waals surface area contributed by atoms with Crippen LogP contribution in [0.5, 0.6) is 0 Å². The third kappa shape index (κ3) is 2.10. The summed E-state index contributed by atoms with van der Waals surface area (Å²) < 4.78 is 13.4. The Hall–Kier alpha value is -2.21. The van der Waals surface area contributed by atoms with Crippen LogP contribution in [0.3, 0.4) is 0 Å². The second-order valence-electron chi connectivity index (χ2n) is 3.91. The van der Waals surface area contributed by atoms with E-state index in [0.717, 1.165) is 6.07 Å². The fourth-order valence-corrected chi connectivity index (χ4v) is 1.74. The van der Waals surface area contributed by atoms with Gasteiger partial charge in [-0.25, -0.2) is 0 Å². The SMILES string of the molecule is C=C(CCO)c1cc2cc([N+](=O)[O-])c(F)cc2[nH]1. The van der Waals surface area contributed by atoms with Crippen LogP contribution in [0.25, 0.3) is 16.5 Å². The molecule has 0 spiro atoms. The molecular formula is C12H11FN2O3. The molecule has 0 fully saturated rings. The third-order valence-electron chi connectivity index (χ3n) is 2.68. The number of nitro benzene ring substituents is 1. The van der Waals surface area contributed by atoms with Crippen molar-refractivity contribution in [3.8, 4) is 0 Å². The lowest BCUT2D eigenvalue weighted by Gasteiger charge is -1.98. The number of hydrogen-bond acceptors (Lipinski definition) is 3. The van der Waals surface area contributed by atoms with E-state index in [1.807, 2.05) is 0 Å². The molecule has 1 aromatic carbocycles. The van der Waals surface area contributed by atoms with Gasteiger partial charge in [-0.15, -0.1) is 0 Å². The standard InChI is InChI=1S/C12H11FN2O3/c1-7(2-3-16)10-4-8-5-12(15(17)18)9(13)6-11(8)14-10/h4-6,14,16H,1-3H2. The first-order chi connectivity index (χ1) is 8.52. The van der Waals surface area contributed by atoms with Crippen LogP contribution in [0.4, 0.5) is 10.1 Å². The van der Waals surface area contributed by atoms with Gasteiger partial charge < -0.3 is 10.1 Å². The number of aromatic nitrogens is 1. The number of nitrogens with one attached hydrogen (secondary N) is 1. The summed E-state index contributed by atoms with van der Waals surface area (Å²) >= 11 is 0. The Morgan fingerprint density at radius 2 is 2.22 bits per heavy atom. The summed E-state index contributed by atoms with van der Waals surface area (Å²) in [5.41, 5.74) is 1.21. The second-order valence-corrected chi connectivity index (χ2v) is 3.91. The molecule has 18 heavy (non-hydrogen) atoms. The molecule has 94 valence electrons. The number of aliphatic hydroxyl groups excluding tert-OH is 1. The average molecular weight is 250 g/mol. The largest absolute Gasteiger partial charge is 0.396 e. The lowest BCUT2D eigenvalue weighted by atomic mass is 10.1. The molecule has 2 N–H and O–H groups in total. The van der Waals surface area contributed by atoms with Gasteiger partial charge in [-0.2, -0.15) is 4.39 Å². The van der Waals surface area contributed by atoms with Crippen molar-refractivity contribution in [3.05, 3.63) is 46.4 Å². The number of fused-ring (bicyclic) bond motifs is 1. The number of nitro groups is 1. The number of hydrogen-bond donors (Lipinski definition) is 2. The number of aromatic amines is 1. The third-order valence-corrected chi connectivity index (χ3v) is 2.68. The fourth-order valence-electron chi connectivity index (χ4n) is 1.74. The maximum absolute atomic E-state index is 13.4. The zero-order valence-electron chi connectivity index (χ0n) is 9.44. The van der Waals surface area contributed by atoms with Crippen LogP contribution in [0.1, 0.15) is 12.1 Å². The summed E-state index contributed by atoms with van der Waals surface area (Å²) in [7, 11) is 0. The highest BCUT2D eigenvalue weighted by atomic mass is 19.1. The van der Waals surface area contributed by atoms with Crippen molar-refractivity contribution < 1.29 is 14.4 Å². The molecule has 0 atom stereocenters. The number of benzene rings is 1. The summed E-state index contributed by atoms with van der Waals surface area (Å²) in [6, 6.07) is 3.92. The molecule has 0 bridgehead atoms. The Morgan fingerprint density at radius 1 is 1.50 bits per heavy atom. The van der Waals surface area contributed by atoms with Gasteiger partial charge in [-0.05, 0) is 18.1 Å². The van der Waals surface area contributed by atoms with E-state index < -0.39 is 16.4 Å². The van der Waals surface area contributed by atoms with Gasteiger partial charge in [0.15, 0.2) is 0 Å². The summed E-state index contributed by atoms with van der Waals surface area (Å²) in [6.45, 7) is 3.73. The van der Waals surface area contributed by atoms with Crippen LogP contribution in [-0.2, 0) is 0 Å². The molecule has 0 radical (unpaired) electrons. The Morgan fingerprint density at radius 3 is 2.83 bits per heavy atom. The van der Waals surface area contributed by atoms with Gasteiger partial charge in [-0.1, -0.05) is 6.58 Å². The Bertz CT molecular complexity index is 634. The van der Waals surface area contributed by atoms with E-state index in [9.17, 15) is 14.5 Å². The molecule has 0 amide bonds. The van der Waals surface area contributed by atoms with Gasteiger partial charge in [0.2, 0.25) is 5.82 Å². The predicted octanol–water partition coefficient (Wildman–Crippen LogP) is 2.61. The Kier molecular flexibility index (Phi) is 3.12. The van der Waals surface area contributed by atoms with Gasteiger partial charge in [0.05, 0.1) is 4.92 Å². The predicted molar refractivity (Wildman–Crippen MR) is 65.6 cm³/mol. The molecule has 0 aliphatic carbocycles. The van der Waals surface area contributed by atoms with Crippen LogP contribution in [0.2, 0.25) is 0 Å². The van der Waals surface area contributed by atoms with Crippen molar-refractivity contribution in [1.29, 1.82) is 0 Å². The number of aliphatic hydroxyl groups is 1. The minimum atomic E-state index is -0.881. The Balaban J connectivity index is 2.52. The molecule has 0 aliphatic rings. The molecule has 2 rings (SSSR count). The van der Waals surface area contributed by atoms with Crippen molar-refractivity contribution >= 4 is 22.2 Å². The smallest absolute Gasteiger partial charge is 0.305 e. The van der Waals surface area contributed by atoms with E-state index in [1.54, 1.807) is 6.07 Å². The number of nitrogens with zero attached hydrogens (tertiary/aromatic N) is 1. The van der Waals surface area contributed by atoms with Crippen LogP contribution in [-0.4, -0.2) is 21.6 Å². The molecule has 0 saturated heterocycles. The zero-order chi connectivity index (χ0) is 13.3. The highest BCUT2D eigenvalue weighted by Gasteiger charge is 2.16. The molecule has 1 aromatic heterocycles. The number of rotatable bonds is 4. The van der Waals surface area contributed by atoms with E-state index in [2.05, 4.69) is 11.6 Å². The van der Waals surface area contributed by atoms with Crippen molar-refractivity contribution in [1.82, 2.24) is 4.98 Å². The molecule has 5 nitrogen and oxygen atoms in total. The number of H-pyrrole nitrogens is 1. The maximum Gasteiger partial charge on any atom is 0.305 e. The molecule has 0 aliphatic heterocycles. The van der Waals surface area contributed by atoms with Crippen LogP contribution in [0, 0.1) is 15.9 Å². The fraction of sp³-hybridized carbons (Fsp3) is 0.167. The lowest BCUT2D eigenvalue weighted by molar-refractivity contribution is -0.387. The van der Waals surface area contributed by atoms with Crippen molar-refractivity contribution in [2.24, 2.45) is 0 Å². The second kappa shape index (κ2) is 4.58. The van der Waals surface area contributed by atoms with Crippen LogP contribution in [0.15, 0.2) is 24.8 Å². The average Bonchev–Trinajstić information content (AvgIpc) is 2.70. The highest BCUT2D eigenvalue weighted by Crippen LogP contribution is 2.27. The van der Waals surface area contributed by atoms with Crippen LogP contribution >= 0.6 is 0 Å². The normalized spacial score (nSPS) is 10.8. The summed E-state index contributed by atoms with van der Waals surface area (Å²) in [5.74, 6) is -0.881. The van der Waals surface area contributed by atoms with Gasteiger partial charge in [-0.3, -0.25) is 10.1 Å². The van der Waals surface area contributed by atoms with E-state index in [-0.39, 0.29) is 6.61 Å². The van der Waals surface area contributed by atoms with E-state index in [4.69, 9.17) is 5.11 Å². The minimum absolute atomic E-state index is 0.0390. The minimum Gasteiger partial charge on any atom is -0.396 e. The van der Waals surface area contributed by atoms with Gasteiger partial charge >= 0.3 is 5.69 Å². The summed E-state index contributed by atoms with van der Waals surface area (Å²) in [5, 5.41) is 20.0. The topological polar surface area (TPSA) is 79.2 Å². The lowest BCUT2D eigenvalue weighted by Crippen LogP contribution is -1.91. The Labute approximate surface area is 102 Å². The van der Waals surface area contributed by atoms with Crippen molar-refractivity contribution in [2.75, 3.05) is 6.61 Å². The zero-order valence-corrected chi connectivity index (χ0v) is 9.44. The van der Waals surface area contributed by atoms with E-state index in [1.165, 1.54) is 6.07 Å². The van der Waals surface area contributed by atoms with Gasteiger partial charge in [0.1, 0.15) is 0 Å². The summed E-state index contributed by atoms with van der Waals surface area (Å²) in [4.78, 5) is 12.8. The molecule has 1 heterocycles. The quantitative estimate of drug-likeness (QED) is 0.646. The van der Waals surface area contributed by atoms with Gasteiger partial charge in [0, 0.05) is 35.3 Å². The molecule has 6 heteroatoms. The molecular weight excluding hydrogens is 239 g/mol. The molecule has 2 aromatic rings. The van der Waals surface area contributed by atoms with Crippen molar-refractivity contribution in [2.45, 2.75) is 6.42 Å². The first-order valence-electron chi connectivity index (χ1n) is 5.28. The monoisotopic (exact) mass is 250 g/mol. The van der Waals surface area contributed by atoms with Crippen LogP contribution < -0.4 is 0 Å². The first kappa shape index (κ1) is 12.3. The van der Waals surface area contributed by atoms with E-state index >= 15 is 0 Å². The summed E-state index contributed by atoms with van der Waals surface area (Å²) in [6.07, 6.45) is 0.386. The molecule has 0 saturated carbocycles. The van der Waals surface area contributed by atoms with Gasteiger partial charge in [0.25, 0.3) is 0 Å². The molecule has 0 unspecified atom stereocenters. The number of halogens is 1. The highest BCUT2D eigenvalue weighted by molar-refractivity contribution is 5.86.